The summed E-state index contributed by atoms with van der Waals surface area (Å²) in [5.41, 5.74) is 7.19. The van der Waals surface area contributed by atoms with Crippen LogP contribution in [0.2, 0.25) is 0 Å². The Balaban J connectivity index is 2.14. The molecule has 0 amide bonds. The van der Waals surface area contributed by atoms with E-state index in [9.17, 15) is 0 Å². The molecule has 3 heteroatoms. The average Bonchev–Trinajstić information content (AvgIpc) is 2.65. The predicted octanol–water partition coefficient (Wildman–Crippen LogP) is 1.65. The van der Waals surface area contributed by atoms with E-state index in [1.54, 1.807) is 0 Å². The number of nitrogens with zero attached hydrogens (tertiary/aromatic N) is 2. The van der Waals surface area contributed by atoms with Crippen LogP contribution in [0.4, 0.5) is 0 Å². The second-order valence-corrected chi connectivity index (χ2v) is 4.33. The Bertz CT molecular complexity index is 292. The van der Waals surface area contributed by atoms with Crippen LogP contribution in [0, 0.1) is 5.92 Å². The van der Waals surface area contributed by atoms with Gasteiger partial charge in [-0.3, -0.25) is 4.68 Å². The van der Waals surface area contributed by atoms with Crippen LogP contribution in [0.5, 0.6) is 0 Å². The van der Waals surface area contributed by atoms with Crippen LogP contribution in [0.3, 0.4) is 0 Å². The van der Waals surface area contributed by atoms with Crippen molar-refractivity contribution in [3.05, 3.63) is 18.0 Å². The zero-order chi connectivity index (χ0) is 9.97. The maximum absolute atomic E-state index is 5.81. The number of nitrogens with two attached hydrogens (primary N) is 1. The molecule has 0 aliphatic heterocycles. The second-order valence-electron chi connectivity index (χ2n) is 4.33. The first-order valence-electron chi connectivity index (χ1n) is 5.50. The first-order chi connectivity index (χ1) is 6.81. The molecular formula is C11H19N3. The van der Waals surface area contributed by atoms with Crippen molar-refractivity contribution in [1.29, 1.82) is 0 Å². The van der Waals surface area contributed by atoms with Gasteiger partial charge in [0.15, 0.2) is 0 Å². The van der Waals surface area contributed by atoms with E-state index in [4.69, 9.17) is 5.73 Å². The molecule has 1 aromatic rings. The highest BCUT2D eigenvalue weighted by molar-refractivity contribution is 5.13. The fraction of sp³-hybridized carbons (Fsp3) is 0.727. The molecule has 1 aromatic heterocycles. The van der Waals surface area contributed by atoms with Crippen LogP contribution in [-0.4, -0.2) is 16.3 Å². The molecule has 2 atom stereocenters. The van der Waals surface area contributed by atoms with Crippen molar-refractivity contribution in [2.24, 2.45) is 18.7 Å². The third-order valence-electron chi connectivity index (χ3n) is 3.36. The molecule has 0 bridgehead atoms. The van der Waals surface area contributed by atoms with Gasteiger partial charge in [-0.05, 0) is 36.8 Å². The first-order valence-corrected chi connectivity index (χ1v) is 5.50. The van der Waals surface area contributed by atoms with E-state index in [0.29, 0.717) is 11.8 Å². The largest absolute Gasteiger partial charge is 0.330 e. The van der Waals surface area contributed by atoms with Crippen LogP contribution in [0.25, 0.3) is 0 Å². The molecule has 0 aromatic carbocycles. The molecule has 1 aliphatic carbocycles. The lowest BCUT2D eigenvalue weighted by Crippen LogP contribution is -2.25. The zero-order valence-corrected chi connectivity index (χ0v) is 8.82. The Morgan fingerprint density at radius 1 is 1.50 bits per heavy atom. The zero-order valence-electron chi connectivity index (χ0n) is 8.82. The maximum Gasteiger partial charge on any atom is 0.0524 e. The summed E-state index contributed by atoms with van der Waals surface area (Å²) in [6, 6.07) is 0. The summed E-state index contributed by atoms with van der Waals surface area (Å²) in [7, 11) is 1.98. The van der Waals surface area contributed by atoms with Crippen molar-refractivity contribution in [3.8, 4) is 0 Å². The van der Waals surface area contributed by atoms with E-state index < -0.39 is 0 Å². The molecular weight excluding hydrogens is 174 g/mol. The topological polar surface area (TPSA) is 43.8 Å². The molecule has 14 heavy (non-hydrogen) atoms. The van der Waals surface area contributed by atoms with E-state index >= 15 is 0 Å². The van der Waals surface area contributed by atoms with Crippen LogP contribution in [0.1, 0.15) is 37.2 Å². The van der Waals surface area contributed by atoms with Crippen molar-refractivity contribution >= 4 is 0 Å². The van der Waals surface area contributed by atoms with Gasteiger partial charge in [0.05, 0.1) is 6.20 Å². The maximum atomic E-state index is 5.81. The normalized spacial score (nSPS) is 27.9. The minimum atomic E-state index is 0.655. The molecule has 0 spiro atoms. The quantitative estimate of drug-likeness (QED) is 0.776. The van der Waals surface area contributed by atoms with Gasteiger partial charge in [-0.25, -0.2) is 0 Å². The van der Waals surface area contributed by atoms with Gasteiger partial charge in [0.2, 0.25) is 0 Å². The van der Waals surface area contributed by atoms with E-state index in [0.717, 1.165) is 6.54 Å². The summed E-state index contributed by atoms with van der Waals surface area (Å²) in [5.74, 6) is 1.33. The van der Waals surface area contributed by atoms with Gasteiger partial charge in [0, 0.05) is 13.2 Å². The fourth-order valence-corrected chi connectivity index (χ4v) is 2.56. The molecule has 0 radical (unpaired) electrons. The minimum Gasteiger partial charge on any atom is -0.330 e. The number of aromatic nitrogens is 2. The smallest absolute Gasteiger partial charge is 0.0524 e. The van der Waals surface area contributed by atoms with Gasteiger partial charge in [0.25, 0.3) is 0 Å². The van der Waals surface area contributed by atoms with E-state index in [1.807, 2.05) is 17.9 Å². The molecule has 1 heterocycles. The Hall–Kier alpha value is -0.830. The summed E-state index contributed by atoms with van der Waals surface area (Å²) >= 11 is 0. The van der Waals surface area contributed by atoms with Crippen LogP contribution < -0.4 is 5.73 Å². The standard InChI is InChI=1S/C11H19N3/c1-14-8-10(7-13-14)11-5-3-2-4-9(11)6-12/h7-9,11H,2-6,12H2,1H3. The summed E-state index contributed by atoms with van der Waals surface area (Å²) in [4.78, 5) is 0. The minimum absolute atomic E-state index is 0.655. The summed E-state index contributed by atoms with van der Waals surface area (Å²) in [6.07, 6.45) is 9.40. The lowest BCUT2D eigenvalue weighted by atomic mass is 9.76. The summed E-state index contributed by atoms with van der Waals surface area (Å²) in [5, 5.41) is 4.24. The number of hydrogen-bond donors (Lipinski definition) is 1. The highest BCUT2D eigenvalue weighted by Crippen LogP contribution is 2.36. The number of rotatable bonds is 2. The van der Waals surface area contributed by atoms with Gasteiger partial charge in [0.1, 0.15) is 0 Å². The van der Waals surface area contributed by atoms with Crippen molar-refractivity contribution in [1.82, 2.24) is 9.78 Å². The Labute approximate surface area is 85.3 Å². The Morgan fingerprint density at radius 3 is 2.93 bits per heavy atom. The number of aryl methyl sites for hydroxylation is 1. The van der Waals surface area contributed by atoms with Crippen LogP contribution in [-0.2, 0) is 7.05 Å². The fourth-order valence-electron chi connectivity index (χ4n) is 2.56. The van der Waals surface area contributed by atoms with Gasteiger partial charge >= 0.3 is 0 Å². The lowest BCUT2D eigenvalue weighted by Gasteiger charge is -2.29. The van der Waals surface area contributed by atoms with Gasteiger partial charge in [-0.1, -0.05) is 12.8 Å². The molecule has 1 aliphatic rings. The predicted molar refractivity (Wildman–Crippen MR) is 57.0 cm³/mol. The van der Waals surface area contributed by atoms with E-state index in [1.165, 1.54) is 31.2 Å². The van der Waals surface area contributed by atoms with Crippen molar-refractivity contribution in [2.75, 3.05) is 6.54 Å². The first kappa shape index (κ1) is 9.71. The second kappa shape index (κ2) is 4.13. The Morgan fingerprint density at radius 2 is 2.29 bits per heavy atom. The Kier molecular flexibility index (Phi) is 2.87. The van der Waals surface area contributed by atoms with Crippen molar-refractivity contribution in [3.63, 3.8) is 0 Å². The average molecular weight is 193 g/mol. The van der Waals surface area contributed by atoms with Crippen LogP contribution in [0.15, 0.2) is 12.4 Å². The van der Waals surface area contributed by atoms with E-state index in [-0.39, 0.29) is 0 Å². The number of hydrogen-bond acceptors (Lipinski definition) is 2. The molecule has 2 N–H and O–H groups in total. The van der Waals surface area contributed by atoms with Gasteiger partial charge in [-0.15, -0.1) is 0 Å². The van der Waals surface area contributed by atoms with Crippen LogP contribution >= 0.6 is 0 Å². The molecule has 2 rings (SSSR count). The molecule has 1 fully saturated rings. The molecule has 2 unspecified atom stereocenters. The molecule has 78 valence electrons. The monoisotopic (exact) mass is 193 g/mol. The molecule has 1 saturated carbocycles. The highest BCUT2D eigenvalue weighted by atomic mass is 15.2. The summed E-state index contributed by atoms with van der Waals surface area (Å²) < 4.78 is 1.89. The highest BCUT2D eigenvalue weighted by Gasteiger charge is 2.25. The third kappa shape index (κ3) is 1.82. The third-order valence-corrected chi connectivity index (χ3v) is 3.36. The summed E-state index contributed by atoms with van der Waals surface area (Å²) in [6.45, 7) is 0.819. The van der Waals surface area contributed by atoms with Gasteiger partial charge in [-0.2, -0.15) is 5.10 Å². The van der Waals surface area contributed by atoms with Gasteiger partial charge < -0.3 is 5.73 Å². The SMILES string of the molecule is Cn1cc(C2CCCCC2CN)cn1. The lowest BCUT2D eigenvalue weighted by molar-refractivity contribution is 0.314. The van der Waals surface area contributed by atoms with Crippen molar-refractivity contribution < 1.29 is 0 Å². The molecule has 0 saturated heterocycles. The molecule has 3 nitrogen and oxygen atoms in total. The van der Waals surface area contributed by atoms with Crippen molar-refractivity contribution in [2.45, 2.75) is 31.6 Å². The van der Waals surface area contributed by atoms with E-state index in [2.05, 4.69) is 11.3 Å².